The molecule has 3 aromatic carbocycles. The fourth-order valence-corrected chi connectivity index (χ4v) is 5.16. The van der Waals surface area contributed by atoms with Gasteiger partial charge in [-0.05, 0) is 59.7 Å². The summed E-state index contributed by atoms with van der Waals surface area (Å²) in [5.41, 5.74) is 2.87. The SMILES string of the molecule is CC(C)(c1ccc(Cl)c(Cl)c1)c1cnc(SCc2ccc(Cl)c(C(=O)O)c2)n1-c1ccc(F)cc1. The number of carbonyl (C=O) groups is 1. The zero-order chi connectivity index (χ0) is 25.3. The molecule has 0 atom stereocenters. The summed E-state index contributed by atoms with van der Waals surface area (Å²) in [6.07, 6.45) is 1.79. The molecule has 35 heavy (non-hydrogen) atoms. The number of carboxylic acid groups (broad SMARTS) is 1. The first kappa shape index (κ1) is 25.6. The number of hydrogen-bond donors (Lipinski definition) is 1. The van der Waals surface area contributed by atoms with E-state index in [2.05, 4.69) is 18.8 Å². The predicted octanol–water partition coefficient (Wildman–Crippen LogP) is 8.29. The lowest BCUT2D eigenvalue weighted by molar-refractivity contribution is 0.0697. The summed E-state index contributed by atoms with van der Waals surface area (Å²) in [4.78, 5) is 16.1. The van der Waals surface area contributed by atoms with Crippen LogP contribution in [0.1, 0.15) is 41.0 Å². The molecule has 0 aliphatic rings. The number of hydrogen-bond acceptors (Lipinski definition) is 3. The number of benzene rings is 3. The molecule has 0 amide bonds. The number of nitrogens with zero attached hydrogens (tertiary/aromatic N) is 2. The predicted molar refractivity (Wildman–Crippen MR) is 140 cm³/mol. The van der Waals surface area contributed by atoms with E-state index in [1.54, 1.807) is 42.6 Å². The molecule has 0 unspecified atom stereocenters. The maximum atomic E-state index is 13.7. The van der Waals surface area contributed by atoms with Gasteiger partial charge in [0, 0.05) is 16.9 Å². The summed E-state index contributed by atoms with van der Waals surface area (Å²) in [6.45, 7) is 4.10. The molecule has 0 radical (unpaired) electrons. The lowest BCUT2D eigenvalue weighted by Crippen LogP contribution is -2.23. The minimum Gasteiger partial charge on any atom is -0.478 e. The number of rotatable bonds is 7. The van der Waals surface area contributed by atoms with Crippen LogP contribution in [0.5, 0.6) is 0 Å². The van der Waals surface area contributed by atoms with Gasteiger partial charge in [0.2, 0.25) is 0 Å². The second kappa shape index (κ2) is 10.2. The van der Waals surface area contributed by atoms with Crippen LogP contribution in [0.25, 0.3) is 5.69 Å². The van der Waals surface area contributed by atoms with Crippen molar-refractivity contribution in [2.45, 2.75) is 30.2 Å². The van der Waals surface area contributed by atoms with Crippen LogP contribution in [0.4, 0.5) is 4.39 Å². The van der Waals surface area contributed by atoms with Crippen molar-refractivity contribution in [3.05, 3.63) is 110 Å². The Bertz CT molecular complexity index is 1400. The molecule has 9 heteroatoms. The van der Waals surface area contributed by atoms with E-state index in [-0.39, 0.29) is 16.4 Å². The Morgan fingerprint density at radius 3 is 2.34 bits per heavy atom. The molecule has 4 rings (SSSR count). The first-order valence-corrected chi connectivity index (χ1v) is 12.6. The monoisotopic (exact) mass is 548 g/mol. The van der Waals surface area contributed by atoms with E-state index in [9.17, 15) is 14.3 Å². The van der Waals surface area contributed by atoms with Crippen LogP contribution in [0.3, 0.4) is 0 Å². The van der Waals surface area contributed by atoms with Gasteiger partial charge < -0.3 is 5.11 Å². The van der Waals surface area contributed by atoms with Crippen molar-refractivity contribution >= 4 is 52.5 Å². The van der Waals surface area contributed by atoms with Crippen LogP contribution in [0, 0.1) is 5.82 Å². The third kappa shape index (κ3) is 5.36. The third-order valence-corrected chi connectivity index (χ3v) is 7.82. The quantitative estimate of drug-likeness (QED) is 0.236. The van der Waals surface area contributed by atoms with Gasteiger partial charge in [0.05, 0.1) is 32.5 Å². The fourth-order valence-electron chi connectivity index (χ4n) is 3.72. The summed E-state index contributed by atoms with van der Waals surface area (Å²) in [5.74, 6) is -0.960. The molecule has 0 aliphatic carbocycles. The van der Waals surface area contributed by atoms with Gasteiger partial charge in [-0.1, -0.05) is 72.5 Å². The Labute approximate surface area is 221 Å². The van der Waals surface area contributed by atoms with Crippen molar-refractivity contribution in [2.24, 2.45) is 0 Å². The van der Waals surface area contributed by atoms with Crippen LogP contribution in [-0.2, 0) is 11.2 Å². The Hall–Kier alpha value is -2.51. The number of carboxylic acids is 1. The van der Waals surface area contributed by atoms with Crippen molar-refractivity contribution in [1.29, 1.82) is 0 Å². The lowest BCUT2D eigenvalue weighted by atomic mass is 9.81. The molecule has 1 N–H and O–H groups in total. The average molecular weight is 550 g/mol. The third-order valence-electron chi connectivity index (χ3n) is 5.73. The molecule has 180 valence electrons. The van der Waals surface area contributed by atoms with Gasteiger partial charge >= 0.3 is 5.97 Å². The zero-order valence-corrected chi connectivity index (χ0v) is 21.8. The number of imidazole rings is 1. The van der Waals surface area contributed by atoms with Gasteiger partial charge in [0.1, 0.15) is 5.82 Å². The number of halogens is 4. The number of aromatic carboxylic acids is 1. The van der Waals surface area contributed by atoms with E-state index in [4.69, 9.17) is 34.8 Å². The van der Waals surface area contributed by atoms with E-state index >= 15 is 0 Å². The first-order valence-electron chi connectivity index (χ1n) is 10.5. The Balaban J connectivity index is 1.76. The maximum Gasteiger partial charge on any atom is 0.337 e. The second-order valence-electron chi connectivity index (χ2n) is 8.40. The molecule has 4 nitrogen and oxygen atoms in total. The van der Waals surface area contributed by atoms with Gasteiger partial charge in [0.25, 0.3) is 0 Å². The molecule has 1 heterocycles. The Kier molecular flexibility index (Phi) is 7.48. The summed E-state index contributed by atoms with van der Waals surface area (Å²) < 4.78 is 15.7. The van der Waals surface area contributed by atoms with Gasteiger partial charge in [0.15, 0.2) is 5.16 Å². The summed E-state index contributed by atoms with van der Waals surface area (Å²) in [6, 6.07) is 16.6. The topological polar surface area (TPSA) is 55.1 Å². The van der Waals surface area contributed by atoms with Crippen molar-refractivity contribution < 1.29 is 14.3 Å². The average Bonchev–Trinajstić information content (AvgIpc) is 3.25. The highest BCUT2D eigenvalue weighted by Gasteiger charge is 2.30. The molecule has 0 spiro atoms. The second-order valence-corrected chi connectivity index (χ2v) is 10.6. The van der Waals surface area contributed by atoms with Crippen LogP contribution < -0.4 is 0 Å². The number of thioether (sulfide) groups is 1. The van der Waals surface area contributed by atoms with Crippen LogP contribution in [0.15, 0.2) is 72.0 Å². The van der Waals surface area contributed by atoms with Crippen LogP contribution in [0.2, 0.25) is 15.1 Å². The minimum atomic E-state index is -1.08. The largest absolute Gasteiger partial charge is 0.478 e. The highest BCUT2D eigenvalue weighted by atomic mass is 35.5. The van der Waals surface area contributed by atoms with Gasteiger partial charge in [-0.15, -0.1) is 0 Å². The molecular weight excluding hydrogens is 530 g/mol. The van der Waals surface area contributed by atoms with E-state index in [1.165, 1.54) is 23.9 Å². The zero-order valence-electron chi connectivity index (χ0n) is 18.7. The molecule has 4 aromatic rings. The number of aromatic nitrogens is 2. The standard InChI is InChI=1S/C26H20Cl3FN2O2S/c1-26(2,16-4-10-21(28)22(29)12-16)23-13-31-25(32(23)18-7-5-17(30)6-8-18)35-14-15-3-9-20(27)19(11-15)24(33)34/h3-13H,14H2,1-2H3,(H,33,34). The summed E-state index contributed by atoms with van der Waals surface area (Å²) in [7, 11) is 0. The molecule has 1 aromatic heterocycles. The highest BCUT2D eigenvalue weighted by molar-refractivity contribution is 7.98. The van der Waals surface area contributed by atoms with Gasteiger partial charge in [-0.3, -0.25) is 4.57 Å². The van der Waals surface area contributed by atoms with Crippen molar-refractivity contribution in [3.8, 4) is 5.69 Å². The van der Waals surface area contributed by atoms with E-state index in [0.717, 1.165) is 22.5 Å². The lowest BCUT2D eigenvalue weighted by Gasteiger charge is -2.28. The summed E-state index contributed by atoms with van der Waals surface area (Å²) >= 11 is 19.9. The Morgan fingerprint density at radius 1 is 1.00 bits per heavy atom. The maximum absolute atomic E-state index is 13.7. The van der Waals surface area contributed by atoms with Gasteiger partial charge in [-0.25, -0.2) is 14.2 Å². The van der Waals surface area contributed by atoms with E-state index < -0.39 is 11.4 Å². The first-order chi connectivity index (χ1) is 16.6. The van der Waals surface area contributed by atoms with Crippen LogP contribution >= 0.6 is 46.6 Å². The molecule has 0 saturated carbocycles. The Morgan fingerprint density at radius 2 is 1.69 bits per heavy atom. The van der Waals surface area contributed by atoms with Crippen molar-refractivity contribution in [1.82, 2.24) is 9.55 Å². The van der Waals surface area contributed by atoms with E-state index in [1.807, 2.05) is 16.7 Å². The molecule has 0 saturated heterocycles. The molecular formula is C26H20Cl3FN2O2S. The summed E-state index contributed by atoms with van der Waals surface area (Å²) in [5, 5.41) is 11.2. The normalized spacial score (nSPS) is 11.6. The van der Waals surface area contributed by atoms with Crippen LogP contribution in [-0.4, -0.2) is 20.6 Å². The highest BCUT2D eigenvalue weighted by Crippen LogP contribution is 2.38. The van der Waals surface area contributed by atoms with Crippen molar-refractivity contribution in [2.75, 3.05) is 0 Å². The fraction of sp³-hybridized carbons (Fsp3) is 0.154. The smallest absolute Gasteiger partial charge is 0.337 e. The molecule has 0 fully saturated rings. The minimum absolute atomic E-state index is 0.0492. The van der Waals surface area contributed by atoms with Gasteiger partial charge in [-0.2, -0.15) is 0 Å². The molecule has 0 aliphatic heterocycles. The van der Waals surface area contributed by atoms with E-state index in [0.29, 0.717) is 21.0 Å². The molecule has 0 bridgehead atoms. The van der Waals surface area contributed by atoms with Crippen molar-refractivity contribution in [3.63, 3.8) is 0 Å².